The fourth-order valence-electron chi connectivity index (χ4n) is 5.21. The number of carboxylic acids is 1. The average molecular weight is 594 g/mol. The number of aromatic nitrogens is 3. The fourth-order valence-corrected chi connectivity index (χ4v) is 6.43. The van der Waals surface area contributed by atoms with Crippen LogP contribution >= 0.6 is 22.9 Å². The van der Waals surface area contributed by atoms with Crippen molar-refractivity contribution in [2.75, 3.05) is 31.1 Å². The highest BCUT2D eigenvalue weighted by Gasteiger charge is 2.32. The van der Waals surface area contributed by atoms with Gasteiger partial charge >= 0.3 is 5.97 Å². The van der Waals surface area contributed by atoms with Crippen molar-refractivity contribution in [3.63, 3.8) is 0 Å². The predicted molar refractivity (Wildman–Crippen MR) is 166 cm³/mol. The zero-order valence-corrected chi connectivity index (χ0v) is 25.9. The Hall–Kier alpha value is -3.11. The molecule has 216 valence electrons. The van der Waals surface area contributed by atoms with Gasteiger partial charge in [0.1, 0.15) is 10.7 Å². The maximum Gasteiger partial charge on any atom is 0.337 e. The van der Waals surface area contributed by atoms with Crippen molar-refractivity contribution < 1.29 is 14.6 Å². The summed E-state index contributed by atoms with van der Waals surface area (Å²) in [5.74, 6) is -0.343. The van der Waals surface area contributed by atoms with E-state index in [0.717, 1.165) is 63.8 Å². The first-order valence-electron chi connectivity index (χ1n) is 13.8. The van der Waals surface area contributed by atoms with Gasteiger partial charge in [-0.25, -0.2) is 19.7 Å². The average Bonchev–Trinajstić information content (AvgIpc) is 3.35. The van der Waals surface area contributed by atoms with Crippen molar-refractivity contribution in [1.29, 1.82) is 0 Å². The third-order valence-corrected chi connectivity index (χ3v) is 8.57. The minimum absolute atomic E-state index is 0.518. The number of hydrogen-bond acceptors (Lipinski definition) is 8. The van der Waals surface area contributed by atoms with Gasteiger partial charge < -0.3 is 14.7 Å². The Morgan fingerprint density at radius 2 is 1.76 bits per heavy atom. The van der Waals surface area contributed by atoms with Gasteiger partial charge in [0.05, 0.1) is 15.8 Å². The summed E-state index contributed by atoms with van der Waals surface area (Å²) < 4.78 is 7.00. The highest BCUT2D eigenvalue weighted by molar-refractivity contribution is 7.22. The van der Waals surface area contributed by atoms with Crippen LogP contribution in [0.2, 0.25) is 5.02 Å². The van der Waals surface area contributed by atoms with Crippen LogP contribution < -0.4 is 4.90 Å². The number of rotatable bonds is 7. The Morgan fingerprint density at radius 1 is 1.07 bits per heavy atom. The van der Waals surface area contributed by atoms with Crippen LogP contribution in [0.1, 0.15) is 51.8 Å². The van der Waals surface area contributed by atoms with E-state index in [1.807, 2.05) is 64.1 Å². The lowest BCUT2D eigenvalue weighted by atomic mass is 9.91. The summed E-state index contributed by atoms with van der Waals surface area (Å²) in [5.41, 5.74) is 3.90. The fraction of sp³-hybridized carbons (Fsp3) is 0.419. The topological polar surface area (TPSA) is 91.7 Å². The molecule has 1 aliphatic heterocycles. The molecule has 0 unspecified atom stereocenters. The molecule has 0 saturated carbocycles. The lowest BCUT2D eigenvalue weighted by Crippen LogP contribution is -2.49. The Bertz CT molecular complexity index is 1560. The van der Waals surface area contributed by atoms with E-state index in [2.05, 4.69) is 28.6 Å². The predicted octanol–water partition coefficient (Wildman–Crippen LogP) is 6.85. The number of hydrogen-bond donors (Lipinski definition) is 1. The SMILES string of the molecule is Cc1cc2nc(-c3ccnc(N4CCN(C(C)C)CC4)n3)sc2c(-c2ccc(Cl)cc2)c1[C@H](OC(C)(C)C)C(=O)O. The molecule has 1 saturated heterocycles. The van der Waals surface area contributed by atoms with E-state index >= 15 is 0 Å². The zero-order valence-electron chi connectivity index (χ0n) is 24.3. The molecule has 10 heteroatoms. The number of aliphatic carboxylic acids is 1. The van der Waals surface area contributed by atoms with Crippen LogP contribution in [0.5, 0.6) is 0 Å². The molecule has 1 atom stereocenters. The minimum Gasteiger partial charge on any atom is -0.479 e. The molecule has 3 heterocycles. The van der Waals surface area contributed by atoms with E-state index < -0.39 is 17.7 Å². The molecular formula is C31H36ClN5O3S. The Morgan fingerprint density at radius 3 is 2.37 bits per heavy atom. The number of anilines is 1. The molecule has 0 spiro atoms. The highest BCUT2D eigenvalue weighted by atomic mass is 35.5. The lowest BCUT2D eigenvalue weighted by molar-refractivity contribution is -0.160. The van der Waals surface area contributed by atoms with Crippen LogP contribution in [0.3, 0.4) is 0 Å². The molecule has 0 radical (unpaired) electrons. The number of benzene rings is 2. The molecule has 4 aromatic rings. The molecule has 8 nitrogen and oxygen atoms in total. The van der Waals surface area contributed by atoms with Gasteiger partial charge in [0, 0.05) is 54.6 Å². The van der Waals surface area contributed by atoms with Crippen molar-refractivity contribution >= 4 is 45.1 Å². The van der Waals surface area contributed by atoms with Crippen LogP contribution in [0.15, 0.2) is 42.6 Å². The summed E-state index contributed by atoms with van der Waals surface area (Å²) in [6.45, 7) is 15.6. The number of carbonyl (C=O) groups is 1. The number of nitrogens with zero attached hydrogens (tertiary/aromatic N) is 5. The second-order valence-electron chi connectivity index (χ2n) is 11.7. The summed E-state index contributed by atoms with van der Waals surface area (Å²) in [5, 5.41) is 11.7. The third kappa shape index (κ3) is 6.38. The van der Waals surface area contributed by atoms with Crippen molar-refractivity contribution in [1.82, 2.24) is 19.9 Å². The number of aryl methyl sites for hydroxylation is 1. The first-order chi connectivity index (χ1) is 19.4. The Balaban J connectivity index is 1.62. The maximum atomic E-state index is 12.6. The van der Waals surface area contributed by atoms with Crippen LogP contribution in [0.25, 0.3) is 32.0 Å². The van der Waals surface area contributed by atoms with Gasteiger partial charge in [-0.1, -0.05) is 23.7 Å². The van der Waals surface area contributed by atoms with Crippen LogP contribution in [-0.4, -0.2) is 68.7 Å². The molecule has 2 aromatic heterocycles. The first kappa shape index (κ1) is 29.4. The van der Waals surface area contributed by atoms with Crippen LogP contribution in [-0.2, 0) is 9.53 Å². The number of ether oxygens (including phenoxy) is 1. The summed E-state index contributed by atoms with van der Waals surface area (Å²) in [4.78, 5) is 31.7. The van der Waals surface area contributed by atoms with Crippen molar-refractivity contribution in [3.8, 4) is 21.8 Å². The van der Waals surface area contributed by atoms with Crippen LogP contribution in [0.4, 0.5) is 5.95 Å². The zero-order chi connectivity index (χ0) is 29.5. The van der Waals surface area contributed by atoms with Crippen molar-refractivity contribution in [2.24, 2.45) is 0 Å². The number of fused-ring (bicyclic) bond motifs is 1. The molecule has 41 heavy (non-hydrogen) atoms. The molecule has 5 rings (SSSR count). The quantitative estimate of drug-likeness (QED) is 0.249. The molecule has 2 aromatic carbocycles. The number of carboxylic acid groups (broad SMARTS) is 1. The summed E-state index contributed by atoms with van der Waals surface area (Å²) >= 11 is 7.72. The third-order valence-electron chi connectivity index (χ3n) is 7.21. The molecule has 0 aliphatic carbocycles. The molecule has 0 amide bonds. The van der Waals surface area contributed by atoms with E-state index in [1.54, 1.807) is 6.20 Å². The van der Waals surface area contributed by atoms with E-state index in [9.17, 15) is 9.90 Å². The molecule has 1 aliphatic rings. The standard InChI is InChI=1S/C31H36ClN5O3S/c1-18(2)36-13-15-37(16-14-36)30-33-12-11-22(35-30)28-34-23-17-19(3)24(26(29(38)39)40-31(4,5)6)25(27(23)41-28)20-7-9-21(32)10-8-20/h7-12,17-18,26H,13-16H2,1-6H3,(H,38,39)/t26-/m0/s1. The minimum atomic E-state index is -1.16. The monoisotopic (exact) mass is 593 g/mol. The number of thiazole rings is 1. The van der Waals surface area contributed by atoms with Crippen LogP contribution in [0, 0.1) is 6.92 Å². The molecule has 0 bridgehead atoms. The van der Waals surface area contributed by atoms with Crippen molar-refractivity contribution in [2.45, 2.75) is 59.3 Å². The second kappa shape index (κ2) is 11.6. The van der Waals surface area contributed by atoms with Crippen molar-refractivity contribution in [3.05, 3.63) is 58.7 Å². The maximum absolute atomic E-state index is 12.6. The van der Waals surface area contributed by atoms with Gasteiger partial charge in [-0.2, -0.15) is 0 Å². The van der Waals surface area contributed by atoms with Gasteiger partial charge in [-0.15, -0.1) is 11.3 Å². The van der Waals surface area contributed by atoms with E-state index in [0.29, 0.717) is 22.6 Å². The molecule has 1 fully saturated rings. The summed E-state index contributed by atoms with van der Waals surface area (Å²) in [6, 6.07) is 11.8. The Kier molecular flexibility index (Phi) is 8.34. The largest absolute Gasteiger partial charge is 0.479 e. The van der Waals surface area contributed by atoms with E-state index in [1.165, 1.54) is 11.3 Å². The normalized spacial score (nSPS) is 15.6. The van der Waals surface area contributed by atoms with Gasteiger partial charge in [0.15, 0.2) is 6.10 Å². The van der Waals surface area contributed by atoms with Gasteiger partial charge in [-0.05, 0) is 76.9 Å². The lowest BCUT2D eigenvalue weighted by Gasteiger charge is -2.36. The summed E-state index contributed by atoms with van der Waals surface area (Å²) in [6.07, 6.45) is 0.623. The van der Waals surface area contributed by atoms with Gasteiger partial charge in [0.25, 0.3) is 0 Å². The molecule has 1 N–H and O–H groups in total. The summed E-state index contributed by atoms with van der Waals surface area (Å²) in [7, 11) is 0. The Labute approximate surface area is 250 Å². The van der Waals surface area contributed by atoms with Gasteiger partial charge in [0.2, 0.25) is 5.95 Å². The van der Waals surface area contributed by atoms with E-state index in [4.69, 9.17) is 26.3 Å². The highest BCUT2D eigenvalue weighted by Crippen LogP contribution is 2.44. The van der Waals surface area contributed by atoms with E-state index in [-0.39, 0.29) is 0 Å². The smallest absolute Gasteiger partial charge is 0.337 e. The first-order valence-corrected chi connectivity index (χ1v) is 15.0. The molecular weight excluding hydrogens is 558 g/mol. The van der Waals surface area contributed by atoms with Gasteiger partial charge in [-0.3, -0.25) is 4.90 Å². The number of piperazine rings is 1. The number of halogens is 1. The second-order valence-corrected chi connectivity index (χ2v) is 13.1.